The fraction of sp³-hybridized carbons (Fsp3) is 0.545. The van der Waals surface area contributed by atoms with Crippen LogP contribution in [0.15, 0.2) is 6.20 Å². The molecule has 0 saturated carbocycles. The second-order valence-corrected chi connectivity index (χ2v) is 6.01. The Balaban J connectivity index is 2.73. The van der Waals surface area contributed by atoms with Gasteiger partial charge in [0, 0.05) is 5.41 Å². The van der Waals surface area contributed by atoms with Crippen LogP contribution in [0.25, 0.3) is 0 Å². The van der Waals surface area contributed by atoms with E-state index in [1.54, 1.807) is 12.4 Å². The highest BCUT2D eigenvalue weighted by Crippen LogP contribution is 2.22. The average molecular weight is 271 g/mol. The van der Waals surface area contributed by atoms with Crippen molar-refractivity contribution in [2.75, 3.05) is 0 Å². The van der Waals surface area contributed by atoms with Crippen molar-refractivity contribution >= 4 is 23.2 Å². The van der Waals surface area contributed by atoms with E-state index < -0.39 is 11.3 Å². The number of carbonyl (C=O) groups excluding carboxylic acids is 2. The van der Waals surface area contributed by atoms with Crippen LogP contribution >= 0.6 is 11.3 Å². The van der Waals surface area contributed by atoms with E-state index in [0.717, 1.165) is 11.3 Å². The highest BCUT2D eigenvalue weighted by molar-refractivity contribution is 7.13. The van der Waals surface area contributed by atoms with E-state index in [2.05, 4.69) is 10.3 Å². The van der Waals surface area contributed by atoms with E-state index in [4.69, 9.17) is 5.21 Å². The van der Waals surface area contributed by atoms with Gasteiger partial charge in [0.2, 0.25) is 5.91 Å². The van der Waals surface area contributed by atoms with E-state index >= 15 is 0 Å². The number of hydroxylamine groups is 1. The van der Waals surface area contributed by atoms with Crippen molar-refractivity contribution in [2.45, 2.75) is 33.7 Å². The van der Waals surface area contributed by atoms with Gasteiger partial charge in [0.05, 0.1) is 12.2 Å². The van der Waals surface area contributed by atoms with Crippen LogP contribution in [0.3, 0.4) is 0 Å². The maximum absolute atomic E-state index is 11.8. The first kappa shape index (κ1) is 14.6. The molecule has 6 nitrogen and oxygen atoms in total. The number of hydrogen-bond donors (Lipinski definition) is 3. The second kappa shape index (κ2) is 5.45. The Bertz CT molecular complexity index is 451. The number of nitrogens with zero attached hydrogens (tertiary/aromatic N) is 1. The van der Waals surface area contributed by atoms with E-state index in [0.29, 0.717) is 9.88 Å². The monoisotopic (exact) mass is 271 g/mol. The first-order chi connectivity index (χ1) is 8.25. The summed E-state index contributed by atoms with van der Waals surface area (Å²) in [6, 6.07) is -0.276. The third-order valence-corrected chi connectivity index (χ3v) is 3.43. The number of hydrogen-bond acceptors (Lipinski definition) is 5. The van der Waals surface area contributed by atoms with Crippen molar-refractivity contribution in [3.05, 3.63) is 16.1 Å². The predicted octanol–water partition coefficient (Wildman–Crippen LogP) is 1.49. The molecule has 0 bridgehead atoms. The summed E-state index contributed by atoms with van der Waals surface area (Å²) in [5.74, 6) is -0.688. The molecular formula is C11H17N3O3S. The smallest absolute Gasteiger partial charge is 0.286 e. The third kappa shape index (κ3) is 3.51. The van der Waals surface area contributed by atoms with Crippen molar-refractivity contribution in [3.63, 3.8) is 0 Å². The van der Waals surface area contributed by atoms with Gasteiger partial charge in [-0.3, -0.25) is 14.8 Å². The molecule has 1 atom stereocenters. The summed E-state index contributed by atoms with van der Waals surface area (Å²) in [7, 11) is 0. The zero-order chi connectivity index (χ0) is 13.9. The number of aromatic nitrogens is 1. The first-order valence-corrected chi connectivity index (χ1v) is 6.28. The highest BCUT2D eigenvalue weighted by Gasteiger charge is 2.24. The first-order valence-electron chi connectivity index (χ1n) is 5.47. The van der Waals surface area contributed by atoms with Crippen LogP contribution in [0.4, 0.5) is 0 Å². The maximum Gasteiger partial charge on any atom is 0.286 e. The molecule has 100 valence electrons. The highest BCUT2D eigenvalue weighted by atomic mass is 32.1. The van der Waals surface area contributed by atoms with Crippen molar-refractivity contribution < 1.29 is 14.8 Å². The maximum atomic E-state index is 11.8. The summed E-state index contributed by atoms with van der Waals surface area (Å²) in [6.07, 6.45) is 1.37. The van der Waals surface area contributed by atoms with Gasteiger partial charge in [-0.05, 0) is 6.92 Å². The molecule has 0 aliphatic carbocycles. The molecule has 2 amide bonds. The Kier molecular flexibility index (Phi) is 4.42. The van der Waals surface area contributed by atoms with E-state index in [1.165, 1.54) is 6.20 Å². The molecule has 0 aliphatic rings. The van der Waals surface area contributed by atoms with Gasteiger partial charge in [-0.2, -0.15) is 0 Å². The van der Waals surface area contributed by atoms with Crippen LogP contribution in [0.5, 0.6) is 0 Å². The van der Waals surface area contributed by atoms with Gasteiger partial charge in [0.1, 0.15) is 9.88 Å². The Labute approximate surface area is 109 Å². The minimum atomic E-state index is -0.604. The second-order valence-electron chi connectivity index (χ2n) is 4.95. The van der Waals surface area contributed by atoms with Crippen LogP contribution in [0.1, 0.15) is 48.4 Å². The molecule has 0 aromatic carbocycles. The van der Waals surface area contributed by atoms with Crippen molar-refractivity contribution in [1.82, 2.24) is 15.8 Å². The summed E-state index contributed by atoms with van der Waals surface area (Å²) >= 11 is 1.13. The van der Waals surface area contributed by atoms with Crippen LogP contribution in [-0.4, -0.2) is 22.0 Å². The lowest BCUT2D eigenvalue weighted by atomic mass is 9.95. The molecule has 7 heteroatoms. The van der Waals surface area contributed by atoms with Crippen molar-refractivity contribution in [3.8, 4) is 0 Å². The molecule has 1 aromatic rings. The number of carbonyl (C=O) groups is 2. The van der Waals surface area contributed by atoms with E-state index in [9.17, 15) is 9.59 Å². The van der Waals surface area contributed by atoms with Crippen molar-refractivity contribution in [1.29, 1.82) is 0 Å². The van der Waals surface area contributed by atoms with Gasteiger partial charge in [0.15, 0.2) is 0 Å². The quantitative estimate of drug-likeness (QED) is 0.573. The number of amides is 2. The number of rotatable bonds is 3. The molecule has 0 aliphatic heterocycles. The summed E-state index contributed by atoms with van der Waals surface area (Å²) < 4.78 is 0. The van der Waals surface area contributed by atoms with Gasteiger partial charge >= 0.3 is 0 Å². The number of nitrogens with one attached hydrogen (secondary N) is 2. The van der Waals surface area contributed by atoms with E-state index in [1.807, 2.05) is 20.8 Å². The minimum absolute atomic E-state index is 0.0849. The third-order valence-electron chi connectivity index (χ3n) is 2.25. The van der Waals surface area contributed by atoms with Gasteiger partial charge in [-0.15, -0.1) is 11.3 Å². The molecular weight excluding hydrogens is 254 g/mol. The zero-order valence-corrected chi connectivity index (χ0v) is 11.6. The molecule has 18 heavy (non-hydrogen) atoms. The van der Waals surface area contributed by atoms with Crippen LogP contribution in [0, 0.1) is 5.41 Å². The molecule has 0 radical (unpaired) electrons. The lowest BCUT2D eigenvalue weighted by molar-refractivity contribution is -0.129. The van der Waals surface area contributed by atoms with Gasteiger partial charge in [-0.1, -0.05) is 20.8 Å². The lowest BCUT2D eigenvalue weighted by Crippen LogP contribution is -2.36. The van der Waals surface area contributed by atoms with Crippen LogP contribution < -0.4 is 10.8 Å². The molecule has 3 N–H and O–H groups in total. The molecule has 1 rings (SSSR count). The summed E-state index contributed by atoms with van der Waals surface area (Å²) in [4.78, 5) is 27.3. The largest absolute Gasteiger partial charge is 0.347 e. The Morgan fingerprint density at radius 3 is 2.56 bits per heavy atom. The Morgan fingerprint density at radius 2 is 2.06 bits per heavy atom. The van der Waals surface area contributed by atoms with Gasteiger partial charge in [0.25, 0.3) is 5.91 Å². The minimum Gasteiger partial charge on any atom is -0.347 e. The molecule has 1 heterocycles. The fourth-order valence-electron chi connectivity index (χ4n) is 1.12. The van der Waals surface area contributed by atoms with Crippen LogP contribution in [0.2, 0.25) is 0 Å². The molecule has 0 saturated heterocycles. The standard InChI is InChI=1S/C11H17N3O3S/c1-6(13-10(16)11(2,3)4)9-12-5-7(18-9)8(15)14-17/h5-6,17H,1-4H3,(H,13,16)(H,14,15)/t6-/m0/s1. The summed E-state index contributed by atoms with van der Waals surface area (Å²) in [6.45, 7) is 7.26. The van der Waals surface area contributed by atoms with Gasteiger partial charge < -0.3 is 5.32 Å². The summed E-state index contributed by atoms with van der Waals surface area (Å²) in [5.41, 5.74) is 1.07. The molecule has 1 aromatic heterocycles. The lowest BCUT2D eigenvalue weighted by Gasteiger charge is -2.20. The normalized spacial score (nSPS) is 12.9. The topological polar surface area (TPSA) is 91.3 Å². The fourth-order valence-corrected chi connectivity index (χ4v) is 1.93. The zero-order valence-electron chi connectivity index (χ0n) is 10.8. The predicted molar refractivity (Wildman–Crippen MR) is 67.4 cm³/mol. The van der Waals surface area contributed by atoms with Crippen molar-refractivity contribution in [2.24, 2.45) is 5.41 Å². The molecule has 0 spiro atoms. The Hall–Kier alpha value is -1.47. The average Bonchev–Trinajstić information content (AvgIpc) is 2.75. The van der Waals surface area contributed by atoms with Crippen LogP contribution in [-0.2, 0) is 4.79 Å². The molecule has 0 fully saturated rings. The Morgan fingerprint density at radius 1 is 1.44 bits per heavy atom. The SMILES string of the molecule is C[C@H](NC(=O)C(C)(C)C)c1ncc(C(=O)NO)s1. The van der Waals surface area contributed by atoms with E-state index in [-0.39, 0.29) is 11.9 Å². The summed E-state index contributed by atoms with van der Waals surface area (Å²) in [5, 5.41) is 11.9. The number of thiazole rings is 1. The van der Waals surface area contributed by atoms with Gasteiger partial charge in [-0.25, -0.2) is 10.5 Å². The molecule has 0 unspecified atom stereocenters.